The summed E-state index contributed by atoms with van der Waals surface area (Å²) in [4.78, 5) is 32.9. The Kier molecular flexibility index (Phi) is 6.48. The number of fused-ring (bicyclic) bond motifs is 2. The van der Waals surface area contributed by atoms with Crippen molar-refractivity contribution in [2.75, 3.05) is 33.7 Å². The Balaban J connectivity index is 0.00000256. The van der Waals surface area contributed by atoms with E-state index < -0.39 is 0 Å². The van der Waals surface area contributed by atoms with Crippen LogP contribution in [0.1, 0.15) is 33.2 Å². The molecule has 30 heavy (non-hydrogen) atoms. The third-order valence-corrected chi connectivity index (χ3v) is 5.47. The van der Waals surface area contributed by atoms with E-state index in [0.717, 1.165) is 34.3 Å². The molecule has 7 heteroatoms. The lowest BCUT2D eigenvalue weighted by Crippen LogP contribution is -2.41. The number of amides is 2. The van der Waals surface area contributed by atoms with Crippen LogP contribution >= 0.6 is 12.4 Å². The Morgan fingerprint density at radius 3 is 2.60 bits per heavy atom. The molecule has 0 bridgehead atoms. The molecule has 2 amide bonds. The van der Waals surface area contributed by atoms with Gasteiger partial charge in [0.1, 0.15) is 6.54 Å². The maximum Gasteiger partial charge on any atom is 0.255 e. The normalized spacial score (nSPS) is 15.4. The van der Waals surface area contributed by atoms with Gasteiger partial charge in [-0.05, 0) is 38.7 Å². The Morgan fingerprint density at radius 1 is 1.13 bits per heavy atom. The van der Waals surface area contributed by atoms with E-state index in [-0.39, 0.29) is 36.8 Å². The average molecular weight is 427 g/mol. The van der Waals surface area contributed by atoms with E-state index in [1.807, 2.05) is 68.4 Å². The standard InChI is InChI=1S/C23H26N4O2.ClH/c1-15-21(18-10-6-7-11-19(18)25-15)22-16-8-4-5-9-17(16)23(29)27(22)14-20(28)24-12-13-26(2)3;/h4-11,22,25H,12-14H2,1-3H3,(H,24,28);1H. The second kappa shape index (κ2) is 8.90. The maximum atomic E-state index is 13.2. The summed E-state index contributed by atoms with van der Waals surface area (Å²) in [6.07, 6.45) is 0. The number of hydrogen-bond acceptors (Lipinski definition) is 3. The Morgan fingerprint density at radius 2 is 1.83 bits per heavy atom. The zero-order valence-corrected chi connectivity index (χ0v) is 18.3. The monoisotopic (exact) mass is 426 g/mol. The fraction of sp³-hybridized carbons (Fsp3) is 0.304. The number of nitrogens with zero attached hydrogens (tertiary/aromatic N) is 2. The zero-order valence-electron chi connectivity index (χ0n) is 17.4. The van der Waals surface area contributed by atoms with E-state index in [0.29, 0.717) is 12.1 Å². The molecule has 158 valence electrons. The van der Waals surface area contributed by atoms with Crippen molar-refractivity contribution in [3.63, 3.8) is 0 Å². The molecule has 3 aromatic rings. The Hall–Kier alpha value is -2.83. The van der Waals surface area contributed by atoms with E-state index in [4.69, 9.17) is 0 Å². The number of carbonyl (C=O) groups excluding carboxylic acids is 2. The molecule has 1 unspecified atom stereocenters. The van der Waals surface area contributed by atoms with Crippen LogP contribution in [0.15, 0.2) is 48.5 Å². The highest BCUT2D eigenvalue weighted by molar-refractivity contribution is 6.02. The summed E-state index contributed by atoms with van der Waals surface area (Å²) in [6.45, 7) is 3.36. The first kappa shape index (κ1) is 21.9. The van der Waals surface area contributed by atoms with Crippen molar-refractivity contribution in [3.8, 4) is 0 Å². The minimum absolute atomic E-state index is 0. The Bertz CT molecular complexity index is 1080. The number of H-pyrrole nitrogens is 1. The smallest absolute Gasteiger partial charge is 0.255 e. The van der Waals surface area contributed by atoms with Crippen LogP contribution < -0.4 is 5.32 Å². The molecule has 1 aromatic heterocycles. The average Bonchev–Trinajstić information content (AvgIpc) is 3.15. The van der Waals surface area contributed by atoms with Crippen LogP contribution in [0.4, 0.5) is 0 Å². The molecule has 0 spiro atoms. The molecule has 0 aliphatic carbocycles. The largest absolute Gasteiger partial charge is 0.358 e. The van der Waals surface area contributed by atoms with Gasteiger partial charge in [0.05, 0.1) is 6.04 Å². The lowest BCUT2D eigenvalue weighted by molar-refractivity contribution is -0.122. The SMILES string of the molecule is Cc1[nH]c2ccccc2c1C1c2ccccc2C(=O)N1CC(=O)NCCN(C)C.Cl. The molecule has 0 fully saturated rings. The van der Waals surface area contributed by atoms with Gasteiger partial charge >= 0.3 is 0 Å². The fourth-order valence-electron chi connectivity index (χ4n) is 4.12. The molecule has 4 rings (SSSR count). The molecule has 2 heterocycles. The van der Waals surface area contributed by atoms with Crippen LogP contribution in [-0.2, 0) is 4.79 Å². The highest BCUT2D eigenvalue weighted by atomic mass is 35.5. The first-order chi connectivity index (χ1) is 14.0. The second-order valence-corrected chi connectivity index (χ2v) is 7.79. The number of para-hydroxylation sites is 1. The molecular formula is C23H27ClN4O2. The summed E-state index contributed by atoms with van der Waals surface area (Å²) >= 11 is 0. The number of rotatable bonds is 6. The number of hydrogen-bond donors (Lipinski definition) is 2. The van der Waals surface area contributed by atoms with Crippen LogP contribution in [0.3, 0.4) is 0 Å². The summed E-state index contributed by atoms with van der Waals surface area (Å²) < 4.78 is 0. The first-order valence-electron chi connectivity index (χ1n) is 9.86. The topological polar surface area (TPSA) is 68.4 Å². The van der Waals surface area contributed by atoms with Crippen molar-refractivity contribution in [3.05, 3.63) is 70.9 Å². The van der Waals surface area contributed by atoms with E-state index in [1.165, 1.54) is 0 Å². The molecular weight excluding hydrogens is 400 g/mol. The molecule has 2 N–H and O–H groups in total. The third kappa shape index (κ3) is 3.93. The summed E-state index contributed by atoms with van der Waals surface area (Å²) in [7, 11) is 3.92. The Labute approximate surface area is 182 Å². The van der Waals surface area contributed by atoms with Crippen LogP contribution in [0.25, 0.3) is 10.9 Å². The molecule has 0 saturated heterocycles. The van der Waals surface area contributed by atoms with Crippen molar-refractivity contribution in [1.82, 2.24) is 20.1 Å². The van der Waals surface area contributed by atoms with Gasteiger partial charge in [0.2, 0.25) is 5.91 Å². The third-order valence-electron chi connectivity index (χ3n) is 5.47. The molecule has 0 saturated carbocycles. The van der Waals surface area contributed by atoms with E-state index in [1.54, 1.807) is 4.90 Å². The molecule has 1 aliphatic heterocycles. The highest BCUT2D eigenvalue weighted by Gasteiger charge is 2.40. The van der Waals surface area contributed by atoms with Crippen molar-refractivity contribution in [1.29, 1.82) is 0 Å². The highest BCUT2D eigenvalue weighted by Crippen LogP contribution is 2.42. The molecule has 1 aliphatic rings. The summed E-state index contributed by atoms with van der Waals surface area (Å²) in [5.41, 5.74) is 4.72. The molecule has 2 aromatic carbocycles. The van der Waals surface area contributed by atoms with Crippen LogP contribution in [0.5, 0.6) is 0 Å². The quantitative estimate of drug-likeness (QED) is 0.636. The van der Waals surface area contributed by atoms with Gasteiger partial charge in [-0.15, -0.1) is 12.4 Å². The van der Waals surface area contributed by atoms with Gasteiger partial charge in [-0.25, -0.2) is 0 Å². The maximum absolute atomic E-state index is 13.2. The minimum Gasteiger partial charge on any atom is -0.358 e. The van der Waals surface area contributed by atoms with Crippen molar-refractivity contribution >= 4 is 35.1 Å². The number of aryl methyl sites for hydroxylation is 1. The lowest BCUT2D eigenvalue weighted by atomic mass is 9.95. The van der Waals surface area contributed by atoms with Gasteiger partial charge in [0.25, 0.3) is 5.91 Å². The number of likely N-dealkylation sites (N-methyl/N-ethyl adjacent to an activating group) is 1. The van der Waals surface area contributed by atoms with Crippen LogP contribution in [-0.4, -0.2) is 60.3 Å². The van der Waals surface area contributed by atoms with Crippen molar-refractivity contribution < 1.29 is 9.59 Å². The second-order valence-electron chi connectivity index (χ2n) is 7.79. The molecule has 1 atom stereocenters. The van der Waals surface area contributed by atoms with E-state index >= 15 is 0 Å². The number of aromatic amines is 1. The van der Waals surface area contributed by atoms with Gasteiger partial charge in [-0.2, -0.15) is 0 Å². The van der Waals surface area contributed by atoms with Gasteiger partial charge in [-0.1, -0.05) is 36.4 Å². The van der Waals surface area contributed by atoms with Crippen molar-refractivity contribution in [2.24, 2.45) is 0 Å². The number of nitrogens with one attached hydrogen (secondary N) is 2. The zero-order chi connectivity index (χ0) is 20.5. The summed E-state index contributed by atoms with van der Waals surface area (Å²) in [6, 6.07) is 15.5. The predicted octanol–water partition coefficient (Wildman–Crippen LogP) is 3.12. The molecule has 0 radical (unpaired) electrons. The first-order valence-corrected chi connectivity index (χ1v) is 9.86. The summed E-state index contributed by atoms with van der Waals surface area (Å²) in [5, 5.41) is 4.00. The van der Waals surface area contributed by atoms with Gasteiger partial charge in [0.15, 0.2) is 0 Å². The fourth-order valence-corrected chi connectivity index (χ4v) is 4.12. The number of aromatic nitrogens is 1. The number of carbonyl (C=O) groups is 2. The predicted molar refractivity (Wildman–Crippen MR) is 121 cm³/mol. The van der Waals surface area contributed by atoms with Crippen molar-refractivity contribution in [2.45, 2.75) is 13.0 Å². The van der Waals surface area contributed by atoms with Gasteiger partial charge < -0.3 is 20.1 Å². The van der Waals surface area contributed by atoms with Gasteiger partial charge in [-0.3, -0.25) is 9.59 Å². The minimum atomic E-state index is -0.283. The van der Waals surface area contributed by atoms with Gasteiger partial charge in [0, 0.05) is 40.8 Å². The van der Waals surface area contributed by atoms with Crippen LogP contribution in [0, 0.1) is 6.92 Å². The number of benzene rings is 2. The van der Waals surface area contributed by atoms with Crippen LogP contribution in [0.2, 0.25) is 0 Å². The van der Waals surface area contributed by atoms with E-state index in [9.17, 15) is 9.59 Å². The lowest BCUT2D eigenvalue weighted by Gasteiger charge is -2.26. The summed E-state index contributed by atoms with van der Waals surface area (Å²) in [5.74, 6) is -0.242. The van der Waals surface area contributed by atoms with E-state index in [2.05, 4.69) is 16.4 Å². The molecule has 6 nitrogen and oxygen atoms in total. The number of halogens is 1.